The van der Waals surface area contributed by atoms with Crippen molar-refractivity contribution in [2.45, 2.75) is 367 Å². The van der Waals surface area contributed by atoms with Crippen molar-refractivity contribution in [3.8, 4) is 0 Å². The molecule has 0 saturated heterocycles. The molecule has 0 rings (SSSR count). The van der Waals surface area contributed by atoms with Crippen LogP contribution in [0.3, 0.4) is 0 Å². The Labute approximate surface area is 533 Å². The molecule has 0 bridgehead atoms. The number of carbonyl (C=O) groups is 3. The van der Waals surface area contributed by atoms with Gasteiger partial charge in [0.25, 0.3) is 6.29 Å². The van der Waals surface area contributed by atoms with Crippen LogP contribution >= 0.6 is 0 Å². The van der Waals surface area contributed by atoms with Crippen LogP contribution in [0.2, 0.25) is 0 Å². The Morgan fingerprint density at radius 2 is 0.663 bits per heavy atom. The lowest BCUT2D eigenvalue weighted by molar-refractivity contribution is -0.870. The molecule has 0 aliphatic rings. The van der Waals surface area contributed by atoms with Crippen molar-refractivity contribution in [1.82, 2.24) is 0 Å². The molecule has 2 unspecified atom stereocenters. The number of quaternary nitrogens is 1. The average Bonchev–Trinajstić information content (AvgIpc) is 3.63. The molecule has 0 saturated carbocycles. The van der Waals surface area contributed by atoms with E-state index >= 15 is 0 Å². The third-order valence-corrected chi connectivity index (χ3v) is 16.5. The predicted molar refractivity (Wildman–Crippen MR) is 369 cm³/mol. The highest BCUT2D eigenvalue weighted by molar-refractivity contribution is 5.71. The van der Waals surface area contributed by atoms with E-state index in [0.29, 0.717) is 17.4 Å². The second-order valence-corrected chi connectivity index (χ2v) is 26.2. The van der Waals surface area contributed by atoms with Crippen molar-refractivity contribution < 1.29 is 42.9 Å². The maximum Gasteiger partial charge on any atom is 0.361 e. The van der Waals surface area contributed by atoms with Gasteiger partial charge in [-0.2, -0.15) is 0 Å². The summed E-state index contributed by atoms with van der Waals surface area (Å²) >= 11 is 0. The molecule has 0 aromatic carbocycles. The first-order chi connectivity index (χ1) is 42.1. The normalized spacial score (nSPS) is 13.0. The number of carboxylic acids is 1. The van der Waals surface area contributed by atoms with E-state index in [0.717, 1.165) is 70.6 Å². The Balaban J connectivity index is 3.98. The standard InChI is InChI=1S/C77H141NO8/c1-6-8-10-12-14-16-18-20-22-24-26-28-30-31-32-33-34-35-36-37-38-39-40-41-42-43-44-45-46-48-50-52-54-56-58-60-62-64-66-68-75(80)86-73(72-85-77(76(81)82)83-70-69-78(3,4)5)71-84-74(79)67-65-63-61-59-57-55-53-51-49-47-29-27-25-23-21-19-17-15-13-11-9-7-2/h8,10,14,16,20,22,26,28,31-32,73,77H,6-7,9,11-13,15,17-19,21,23-25,27,29-30,33-72H2,1-5H3/p+1/b10-8-,16-14-,22-20-,28-26-,32-31-. The SMILES string of the molecule is CC/C=C\C/C=C\C/C=C\C/C=C\C/C=C\CCCCCCCCCCCCCCCCCCCCCCCCCC(=O)OC(COC(=O)CCCCCCCCCCCCCCCCCCCCCCCC)COC(OCC[N+](C)(C)C)C(=O)O. The van der Waals surface area contributed by atoms with Gasteiger partial charge in [-0.25, -0.2) is 4.79 Å². The number of unbranched alkanes of at least 4 members (excludes halogenated alkanes) is 44. The fourth-order valence-electron chi connectivity index (χ4n) is 10.9. The van der Waals surface area contributed by atoms with Crippen LogP contribution in [-0.4, -0.2) is 87.4 Å². The number of carboxylic acid groups (broad SMARTS) is 1. The third kappa shape index (κ3) is 68.5. The number of nitrogens with zero attached hydrogens (tertiary/aromatic N) is 1. The summed E-state index contributed by atoms with van der Waals surface area (Å²) in [5.41, 5.74) is 0. The molecule has 0 heterocycles. The summed E-state index contributed by atoms with van der Waals surface area (Å²) in [6.45, 7) is 4.83. The minimum Gasteiger partial charge on any atom is -0.477 e. The zero-order valence-electron chi connectivity index (χ0n) is 57.5. The zero-order valence-corrected chi connectivity index (χ0v) is 57.5. The largest absolute Gasteiger partial charge is 0.477 e. The smallest absolute Gasteiger partial charge is 0.361 e. The highest BCUT2D eigenvalue weighted by Crippen LogP contribution is 2.19. The maximum absolute atomic E-state index is 13.0. The van der Waals surface area contributed by atoms with Gasteiger partial charge < -0.3 is 28.5 Å². The Hall–Kier alpha value is -3.01. The number of likely N-dealkylation sites (N-methyl/N-ethyl adjacent to an activating group) is 1. The number of esters is 2. The number of hydrogen-bond acceptors (Lipinski definition) is 7. The van der Waals surface area contributed by atoms with Gasteiger partial charge in [0.1, 0.15) is 13.2 Å². The lowest BCUT2D eigenvalue weighted by Gasteiger charge is -2.25. The third-order valence-electron chi connectivity index (χ3n) is 16.5. The predicted octanol–water partition coefficient (Wildman–Crippen LogP) is 23.1. The minimum atomic E-state index is -1.51. The highest BCUT2D eigenvalue weighted by Gasteiger charge is 2.25. The van der Waals surface area contributed by atoms with Crippen molar-refractivity contribution in [2.75, 3.05) is 47.5 Å². The van der Waals surface area contributed by atoms with Crippen LogP contribution in [0.25, 0.3) is 0 Å². The van der Waals surface area contributed by atoms with Gasteiger partial charge in [-0.15, -0.1) is 0 Å². The van der Waals surface area contributed by atoms with Gasteiger partial charge in [0.15, 0.2) is 6.10 Å². The molecular weight excluding hydrogens is 1070 g/mol. The molecule has 0 aliphatic heterocycles. The molecule has 0 aromatic heterocycles. The van der Waals surface area contributed by atoms with Crippen LogP contribution in [0.15, 0.2) is 60.8 Å². The van der Waals surface area contributed by atoms with Gasteiger partial charge in [0, 0.05) is 12.8 Å². The van der Waals surface area contributed by atoms with E-state index in [4.69, 9.17) is 18.9 Å². The fourth-order valence-corrected chi connectivity index (χ4v) is 10.9. The maximum atomic E-state index is 13.0. The number of ether oxygens (including phenoxy) is 4. The van der Waals surface area contributed by atoms with Crippen LogP contribution in [0.4, 0.5) is 0 Å². The number of allylic oxidation sites excluding steroid dienone is 10. The number of hydrogen-bond donors (Lipinski definition) is 1. The van der Waals surface area contributed by atoms with Gasteiger partial charge in [-0.3, -0.25) is 9.59 Å². The highest BCUT2D eigenvalue weighted by atomic mass is 16.7. The first kappa shape index (κ1) is 83.0. The van der Waals surface area contributed by atoms with E-state index < -0.39 is 18.4 Å². The summed E-state index contributed by atoms with van der Waals surface area (Å²) in [5, 5.41) is 9.75. The zero-order chi connectivity index (χ0) is 62.6. The molecule has 1 N–H and O–H groups in total. The lowest BCUT2D eigenvalue weighted by atomic mass is 10.0. The lowest BCUT2D eigenvalue weighted by Crippen LogP contribution is -2.40. The van der Waals surface area contributed by atoms with E-state index in [1.165, 1.54) is 257 Å². The second-order valence-electron chi connectivity index (χ2n) is 26.2. The van der Waals surface area contributed by atoms with Crippen LogP contribution in [-0.2, 0) is 33.3 Å². The first-order valence-corrected chi connectivity index (χ1v) is 37.0. The molecular formula is C77H142NO8+. The van der Waals surface area contributed by atoms with Gasteiger partial charge in [-0.1, -0.05) is 344 Å². The molecule has 0 aliphatic carbocycles. The van der Waals surface area contributed by atoms with Crippen molar-refractivity contribution in [3.05, 3.63) is 60.8 Å². The average molecular weight is 1210 g/mol. The van der Waals surface area contributed by atoms with E-state index in [2.05, 4.69) is 74.6 Å². The van der Waals surface area contributed by atoms with Crippen LogP contribution in [0, 0.1) is 0 Å². The van der Waals surface area contributed by atoms with Gasteiger partial charge >= 0.3 is 17.9 Å². The van der Waals surface area contributed by atoms with Crippen molar-refractivity contribution in [3.63, 3.8) is 0 Å². The van der Waals surface area contributed by atoms with Crippen molar-refractivity contribution in [1.29, 1.82) is 0 Å². The molecule has 502 valence electrons. The summed E-state index contributed by atoms with van der Waals surface area (Å²) in [5.74, 6) is -1.97. The molecule has 0 spiro atoms. The Morgan fingerprint density at radius 3 is 0.988 bits per heavy atom. The quantitative estimate of drug-likeness (QED) is 0.0211. The van der Waals surface area contributed by atoms with Crippen LogP contribution in [0.5, 0.6) is 0 Å². The summed E-state index contributed by atoms with van der Waals surface area (Å²) < 4.78 is 23.0. The van der Waals surface area contributed by atoms with E-state index in [9.17, 15) is 19.5 Å². The summed E-state index contributed by atoms with van der Waals surface area (Å²) in [4.78, 5) is 37.6. The fraction of sp³-hybridized carbons (Fsp3) is 0.831. The number of carbonyl (C=O) groups excluding carboxylic acids is 2. The summed E-state index contributed by atoms with van der Waals surface area (Å²) in [7, 11) is 5.99. The molecule has 0 fully saturated rings. The first-order valence-electron chi connectivity index (χ1n) is 37.0. The Bertz CT molecular complexity index is 1600. The van der Waals surface area contributed by atoms with E-state index in [-0.39, 0.29) is 38.2 Å². The Morgan fingerprint density at radius 1 is 0.360 bits per heavy atom. The molecule has 0 radical (unpaired) electrons. The molecule has 9 nitrogen and oxygen atoms in total. The van der Waals surface area contributed by atoms with Crippen LogP contribution < -0.4 is 0 Å². The van der Waals surface area contributed by atoms with Crippen molar-refractivity contribution in [2.24, 2.45) is 0 Å². The van der Waals surface area contributed by atoms with Crippen LogP contribution in [0.1, 0.15) is 354 Å². The molecule has 9 heteroatoms. The van der Waals surface area contributed by atoms with Gasteiger partial charge in [0.05, 0.1) is 34.4 Å². The van der Waals surface area contributed by atoms with Crippen molar-refractivity contribution >= 4 is 17.9 Å². The van der Waals surface area contributed by atoms with Gasteiger partial charge in [-0.05, 0) is 57.8 Å². The molecule has 2 atom stereocenters. The molecule has 86 heavy (non-hydrogen) atoms. The summed E-state index contributed by atoms with van der Waals surface area (Å²) in [6, 6.07) is 0. The van der Waals surface area contributed by atoms with Gasteiger partial charge in [0.2, 0.25) is 0 Å². The topological polar surface area (TPSA) is 108 Å². The molecule has 0 amide bonds. The monoisotopic (exact) mass is 1210 g/mol. The van der Waals surface area contributed by atoms with E-state index in [1.54, 1.807) is 0 Å². The number of rotatable bonds is 69. The minimum absolute atomic E-state index is 0.176. The summed E-state index contributed by atoms with van der Waals surface area (Å²) in [6.07, 6.45) is 86.4. The number of aliphatic carboxylic acids is 1. The molecule has 0 aromatic rings. The Kier molecular flexibility index (Phi) is 65.5. The van der Waals surface area contributed by atoms with E-state index in [1.807, 2.05) is 21.1 Å². The second kappa shape index (κ2) is 67.9.